The van der Waals surface area contributed by atoms with Crippen LogP contribution in [0.5, 0.6) is 0 Å². The molecule has 1 amide bonds. The zero-order chi connectivity index (χ0) is 20.2. The molecule has 4 rings (SSSR count). The molecule has 0 spiro atoms. The van der Waals surface area contributed by atoms with Crippen molar-refractivity contribution in [1.29, 1.82) is 0 Å². The second-order valence-electron chi connectivity index (χ2n) is 5.92. The first kappa shape index (κ1) is 18.9. The van der Waals surface area contributed by atoms with Crippen LogP contribution >= 0.6 is 11.8 Å². The summed E-state index contributed by atoms with van der Waals surface area (Å²) in [6.45, 7) is 0. The quantitative estimate of drug-likeness (QED) is 0.471. The van der Waals surface area contributed by atoms with E-state index < -0.39 is 17.5 Å². The molecule has 0 aliphatic rings. The van der Waals surface area contributed by atoms with Gasteiger partial charge < -0.3 is 9.73 Å². The number of anilines is 1. The summed E-state index contributed by atoms with van der Waals surface area (Å²) in [6, 6.07) is 15.8. The predicted octanol–water partition coefficient (Wildman–Crippen LogP) is 4.54. The molecule has 4 aromatic rings. The second kappa shape index (κ2) is 8.27. The fourth-order valence-electron chi connectivity index (χ4n) is 2.65. The third-order valence-corrected chi connectivity index (χ3v) is 4.85. The van der Waals surface area contributed by atoms with Crippen LogP contribution in [0.15, 0.2) is 76.5 Å². The van der Waals surface area contributed by atoms with Gasteiger partial charge in [-0.25, -0.2) is 8.78 Å². The van der Waals surface area contributed by atoms with E-state index in [2.05, 4.69) is 15.5 Å². The molecule has 0 aliphatic heterocycles. The van der Waals surface area contributed by atoms with E-state index in [0.717, 1.165) is 35.6 Å². The van der Waals surface area contributed by atoms with Crippen molar-refractivity contribution in [2.24, 2.45) is 0 Å². The minimum Gasteiger partial charge on any atom is -0.461 e. The van der Waals surface area contributed by atoms with Crippen LogP contribution in [0.1, 0.15) is 0 Å². The summed E-state index contributed by atoms with van der Waals surface area (Å²) in [4.78, 5) is 12.2. The predicted molar refractivity (Wildman–Crippen MR) is 105 cm³/mol. The first-order chi connectivity index (χ1) is 14.1. The highest BCUT2D eigenvalue weighted by molar-refractivity contribution is 7.99. The molecule has 2 aromatic heterocycles. The van der Waals surface area contributed by atoms with E-state index in [-0.39, 0.29) is 11.4 Å². The molecule has 2 aromatic carbocycles. The van der Waals surface area contributed by atoms with Crippen LogP contribution in [0, 0.1) is 11.6 Å². The number of hydrogen-bond donors (Lipinski definition) is 1. The number of nitrogens with one attached hydrogen (secondary N) is 1. The Balaban J connectivity index is 1.56. The second-order valence-corrected chi connectivity index (χ2v) is 6.86. The van der Waals surface area contributed by atoms with Gasteiger partial charge in [0.15, 0.2) is 10.9 Å². The van der Waals surface area contributed by atoms with Crippen molar-refractivity contribution in [1.82, 2.24) is 14.8 Å². The van der Waals surface area contributed by atoms with Crippen molar-refractivity contribution < 1.29 is 18.0 Å². The molecule has 0 radical (unpaired) electrons. The first-order valence-corrected chi connectivity index (χ1v) is 9.53. The molecule has 146 valence electrons. The Kier molecular flexibility index (Phi) is 5.39. The van der Waals surface area contributed by atoms with Crippen LogP contribution < -0.4 is 5.32 Å². The molecule has 29 heavy (non-hydrogen) atoms. The number of halogens is 2. The average Bonchev–Trinajstić information content (AvgIpc) is 3.39. The fourth-order valence-corrected chi connectivity index (χ4v) is 3.40. The molecule has 0 saturated carbocycles. The topological polar surface area (TPSA) is 73.0 Å². The molecule has 9 heteroatoms. The molecular weight excluding hydrogens is 398 g/mol. The molecule has 0 fully saturated rings. The number of furan rings is 1. The number of aromatic nitrogens is 3. The Labute approximate surface area is 168 Å². The van der Waals surface area contributed by atoms with Crippen molar-refractivity contribution in [3.8, 4) is 17.3 Å². The minimum absolute atomic E-state index is 0.0704. The maximum Gasteiger partial charge on any atom is 0.234 e. The van der Waals surface area contributed by atoms with Crippen molar-refractivity contribution in [3.05, 3.63) is 78.6 Å². The van der Waals surface area contributed by atoms with Crippen LogP contribution in [0.4, 0.5) is 14.5 Å². The van der Waals surface area contributed by atoms with Crippen LogP contribution in [-0.4, -0.2) is 26.4 Å². The third kappa shape index (κ3) is 4.19. The smallest absolute Gasteiger partial charge is 0.234 e. The highest BCUT2D eigenvalue weighted by Gasteiger charge is 2.19. The lowest BCUT2D eigenvalue weighted by Gasteiger charge is -2.09. The van der Waals surface area contributed by atoms with E-state index >= 15 is 0 Å². The van der Waals surface area contributed by atoms with Gasteiger partial charge in [-0.15, -0.1) is 10.2 Å². The molecule has 1 N–H and O–H groups in total. The van der Waals surface area contributed by atoms with Gasteiger partial charge >= 0.3 is 0 Å². The lowest BCUT2D eigenvalue weighted by Crippen LogP contribution is -2.15. The average molecular weight is 412 g/mol. The lowest BCUT2D eigenvalue weighted by molar-refractivity contribution is -0.113. The number of carbonyl (C=O) groups is 1. The summed E-state index contributed by atoms with van der Waals surface area (Å²) in [5.41, 5.74) is 0.583. The van der Waals surface area contributed by atoms with Crippen molar-refractivity contribution in [3.63, 3.8) is 0 Å². The van der Waals surface area contributed by atoms with Gasteiger partial charge in [0.2, 0.25) is 11.7 Å². The molecule has 0 bridgehead atoms. The Morgan fingerprint density at radius 2 is 1.90 bits per heavy atom. The molecule has 0 atom stereocenters. The summed E-state index contributed by atoms with van der Waals surface area (Å²) < 4.78 is 34.2. The number of thioether (sulfide) groups is 1. The number of amides is 1. The Morgan fingerprint density at radius 3 is 2.66 bits per heavy atom. The standard InChI is InChI=1S/C20H14F2N4O2S/c21-13-8-9-15(22)16(11-13)23-18(27)12-29-20-25-24-19(17-7-4-10-28-17)26(20)14-5-2-1-3-6-14/h1-11H,12H2,(H,23,27). The maximum atomic E-state index is 13.7. The highest BCUT2D eigenvalue weighted by atomic mass is 32.2. The molecule has 6 nitrogen and oxygen atoms in total. The number of hydrogen-bond acceptors (Lipinski definition) is 5. The van der Waals surface area contributed by atoms with Gasteiger partial charge in [-0.05, 0) is 36.4 Å². The van der Waals surface area contributed by atoms with E-state index in [4.69, 9.17) is 4.42 Å². The van der Waals surface area contributed by atoms with Gasteiger partial charge in [0.05, 0.1) is 17.7 Å². The van der Waals surface area contributed by atoms with Crippen molar-refractivity contribution >= 4 is 23.4 Å². The molecule has 0 aliphatic carbocycles. The largest absolute Gasteiger partial charge is 0.461 e. The first-order valence-electron chi connectivity index (χ1n) is 8.54. The minimum atomic E-state index is -0.711. The summed E-state index contributed by atoms with van der Waals surface area (Å²) in [5.74, 6) is -0.904. The van der Waals surface area contributed by atoms with Crippen molar-refractivity contribution in [2.75, 3.05) is 11.1 Å². The molecule has 2 heterocycles. The van der Waals surface area contributed by atoms with Crippen molar-refractivity contribution in [2.45, 2.75) is 5.16 Å². The number of rotatable bonds is 6. The van der Waals surface area contributed by atoms with Gasteiger partial charge in [0.25, 0.3) is 0 Å². The van der Waals surface area contributed by atoms with Crippen LogP contribution in [-0.2, 0) is 4.79 Å². The van der Waals surface area contributed by atoms with E-state index in [9.17, 15) is 13.6 Å². The number of para-hydroxylation sites is 1. The third-order valence-electron chi connectivity index (χ3n) is 3.92. The highest BCUT2D eigenvalue weighted by Crippen LogP contribution is 2.28. The van der Waals surface area contributed by atoms with Crippen LogP contribution in [0.25, 0.3) is 17.3 Å². The Morgan fingerprint density at radius 1 is 1.07 bits per heavy atom. The van der Waals surface area contributed by atoms with Gasteiger partial charge in [-0.2, -0.15) is 0 Å². The summed E-state index contributed by atoms with van der Waals surface area (Å²) in [5, 5.41) is 11.2. The summed E-state index contributed by atoms with van der Waals surface area (Å²) in [6.07, 6.45) is 1.53. The van der Waals surface area contributed by atoms with E-state index in [1.165, 1.54) is 6.26 Å². The lowest BCUT2D eigenvalue weighted by atomic mass is 10.3. The van der Waals surface area contributed by atoms with Crippen LogP contribution in [0.2, 0.25) is 0 Å². The summed E-state index contributed by atoms with van der Waals surface area (Å²) >= 11 is 1.12. The maximum absolute atomic E-state index is 13.7. The molecular formula is C20H14F2N4O2S. The van der Waals surface area contributed by atoms with E-state index in [1.54, 1.807) is 16.7 Å². The van der Waals surface area contributed by atoms with Gasteiger partial charge in [0.1, 0.15) is 11.6 Å². The zero-order valence-electron chi connectivity index (χ0n) is 14.9. The zero-order valence-corrected chi connectivity index (χ0v) is 15.7. The monoisotopic (exact) mass is 412 g/mol. The Bertz CT molecular complexity index is 1130. The molecule has 0 saturated heterocycles. The number of nitrogens with zero attached hydrogens (tertiary/aromatic N) is 3. The fraction of sp³-hybridized carbons (Fsp3) is 0.0500. The summed E-state index contributed by atoms with van der Waals surface area (Å²) in [7, 11) is 0. The van der Waals surface area contributed by atoms with Gasteiger partial charge in [-0.3, -0.25) is 9.36 Å². The van der Waals surface area contributed by atoms with E-state index in [1.807, 2.05) is 30.3 Å². The van der Waals surface area contributed by atoms with E-state index in [0.29, 0.717) is 16.7 Å². The number of carbonyl (C=O) groups excluding carboxylic acids is 1. The molecule has 0 unspecified atom stereocenters. The Hall–Kier alpha value is -3.46. The van der Waals surface area contributed by atoms with Gasteiger partial charge in [-0.1, -0.05) is 30.0 Å². The SMILES string of the molecule is O=C(CSc1nnc(-c2ccco2)n1-c1ccccc1)Nc1cc(F)ccc1F. The van der Waals surface area contributed by atoms with Crippen LogP contribution in [0.3, 0.4) is 0 Å². The normalized spacial score (nSPS) is 10.8. The van der Waals surface area contributed by atoms with Gasteiger partial charge in [0, 0.05) is 11.8 Å². The number of benzene rings is 2.